The third-order valence-corrected chi connectivity index (χ3v) is 8.32. The van der Waals surface area contributed by atoms with E-state index < -0.39 is 28.5 Å². The van der Waals surface area contributed by atoms with E-state index in [1.165, 1.54) is 4.90 Å². The highest BCUT2D eigenvalue weighted by atomic mass is 35.5. The van der Waals surface area contributed by atoms with E-state index in [0.29, 0.717) is 27.8 Å². The van der Waals surface area contributed by atoms with Crippen LogP contribution < -0.4 is 9.62 Å². The van der Waals surface area contributed by atoms with Crippen LogP contribution in [0.2, 0.25) is 10.0 Å². The normalized spacial score (nSPS) is 12.1. The maximum atomic E-state index is 14.1. The molecule has 0 radical (unpaired) electrons. The van der Waals surface area contributed by atoms with Crippen molar-refractivity contribution in [2.45, 2.75) is 46.2 Å². The lowest BCUT2D eigenvalue weighted by Crippen LogP contribution is -2.53. The van der Waals surface area contributed by atoms with Crippen LogP contribution in [-0.4, -0.2) is 50.5 Å². The largest absolute Gasteiger partial charge is 0.354 e. The van der Waals surface area contributed by atoms with E-state index in [1.807, 2.05) is 50.2 Å². The molecule has 0 unspecified atom stereocenters. The van der Waals surface area contributed by atoms with Crippen LogP contribution in [0.1, 0.15) is 35.6 Å². The number of benzene rings is 3. The summed E-state index contributed by atoms with van der Waals surface area (Å²) in [5, 5.41) is 3.59. The van der Waals surface area contributed by atoms with Crippen molar-refractivity contribution < 1.29 is 18.0 Å². The van der Waals surface area contributed by atoms with E-state index in [2.05, 4.69) is 5.32 Å². The van der Waals surface area contributed by atoms with Gasteiger partial charge in [0.2, 0.25) is 21.8 Å². The van der Waals surface area contributed by atoms with Gasteiger partial charge in [-0.2, -0.15) is 0 Å². The van der Waals surface area contributed by atoms with Gasteiger partial charge in [-0.3, -0.25) is 13.9 Å². The standard InChI is InChI=1S/C30H35Cl2N3O4S/c1-5-15-33-30(37)28(18-23-9-7-6-8-10-23)34(19-24-12-13-25(31)26(32)17-24)29(36)20-35(40(4,38)39)27-14-11-21(2)16-22(27)3/h6-14,16-17,28H,5,15,18-20H2,1-4H3,(H,33,37)/t28-/m0/s1. The van der Waals surface area contributed by atoms with Gasteiger partial charge >= 0.3 is 0 Å². The first-order valence-electron chi connectivity index (χ1n) is 13.0. The van der Waals surface area contributed by atoms with E-state index in [9.17, 15) is 18.0 Å². The van der Waals surface area contributed by atoms with E-state index in [4.69, 9.17) is 23.2 Å². The number of carbonyl (C=O) groups is 2. The van der Waals surface area contributed by atoms with Gasteiger partial charge in [0.25, 0.3) is 0 Å². The molecule has 40 heavy (non-hydrogen) atoms. The molecule has 2 amide bonds. The van der Waals surface area contributed by atoms with E-state index in [-0.39, 0.29) is 18.9 Å². The monoisotopic (exact) mass is 603 g/mol. The lowest BCUT2D eigenvalue weighted by Gasteiger charge is -2.34. The molecule has 0 bridgehead atoms. The van der Waals surface area contributed by atoms with Crippen molar-refractivity contribution in [2.24, 2.45) is 0 Å². The Morgan fingerprint density at radius 1 is 0.925 bits per heavy atom. The number of anilines is 1. The number of hydrogen-bond donors (Lipinski definition) is 1. The van der Waals surface area contributed by atoms with Gasteiger partial charge in [-0.1, -0.05) is 84.2 Å². The minimum atomic E-state index is -3.84. The van der Waals surface area contributed by atoms with Crippen LogP contribution in [0, 0.1) is 13.8 Å². The number of halogens is 2. The predicted molar refractivity (Wildman–Crippen MR) is 162 cm³/mol. The summed E-state index contributed by atoms with van der Waals surface area (Å²) in [4.78, 5) is 29.1. The summed E-state index contributed by atoms with van der Waals surface area (Å²) >= 11 is 12.4. The summed E-state index contributed by atoms with van der Waals surface area (Å²) in [6.07, 6.45) is 2.03. The second kappa shape index (κ2) is 14.0. The molecule has 0 aliphatic rings. The van der Waals surface area contributed by atoms with Crippen LogP contribution in [0.4, 0.5) is 5.69 Å². The predicted octanol–water partition coefficient (Wildman–Crippen LogP) is 5.54. The Kier molecular flexibility index (Phi) is 11.0. The Morgan fingerprint density at radius 2 is 1.62 bits per heavy atom. The molecule has 3 rings (SSSR count). The average molecular weight is 605 g/mol. The van der Waals surface area contributed by atoms with Crippen molar-refractivity contribution in [3.05, 3.63) is 99.0 Å². The Labute approximate surface area is 247 Å². The van der Waals surface area contributed by atoms with E-state index in [0.717, 1.165) is 33.7 Å². The number of carbonyl (C=O) groups excluding carboxylic acids is 2. The number of aryl methyl sites for hydroxylation is 2. The van der Waals surface area contributed by atoms with Gasteiger partial charge in [-0.25, -0.2) is 8.42 Å². The van der Waals surface area contributed by atoms with Gasteiger partial charge in [0.1, 0.15) is 12.6 Å². The molecule has 0 saturated heterocycles. The summed E-state index contributed by atoms with van der Waals surface area (Å²) in [6.45, 7) is 5.65. The molecule has 214 valence electrons. The first-order chi connectivity index (χ1) is 18.9. The molecule has 7 nitrogen and oxygen atoms in total. The molecule has 3 aromatic carbocycles. The van der Waals surface area contributed by atoms with Crippen LogP contribution in [0.5, 0.6) is 0 Å². The molecule has 1 N–H and O–H groups in total. The number of amides is 2. The zero-order chi connectivity index (χ0) is 29.4. The van der Waals surface area contributed by atoms with Crippen molar-refractivity contribution in [1.29, 1.82) is 0 Å². The topological polar surface area (TPSA) is 86.8 Å². The molecule has 0 aromatic heterocycles. The van der Waals surface area contributed by atoms with Crippen molar-refractivity contribution in [2.75, 3.05) is 23.7 Å². The number of nitrogens with one attached hydrogen (secondary N) is 1. The van der Waals surface area contributed by atoms with Crippen molar-refractivity contribution >= 4 is 50.7 Å². The van der Waals surface area contributed by atoms with Gasteiger partial charge in [-0.05, 0) is 55.2 Å². The molecular formula is C30H35Cl2N3O4S. The van der Waals surface area contributed by atoms with Crippen LogP contribution in [0.3, 0.4) is 0 Å². The number of sulfonamides is 1. The SMILES string of the molecule is CCCNC(=O)[C@H](Cc1ccccc1)N(Cc1ccc(Cl)c(Cl)c1)C(=O)CN(c1ccc(C)cc1C)S(C)(=O)=O. The molecule has 0 aliphatic carbocycles. The van der Waals surface area contributed by atoms with Gasteiger partial charge < -0.3 is 10.2 Å². The van der Waals surface area contributed by atoms with Gasteiger partial charge in [-0.15, -0.1) is 0 Å². The summed E-state index contributed by atoms with van der Waals surface area (Å²) < 4.78 is 27.0. The summed E-state index contributed by atoms with van der Waals surface area (Å²) in [5.74, 6) is -0.847. The molecular weight excluding hydrogens is 569 g/mol. The van der Waals surface area contributed by atoms with E-state index in [1.54, 1.807) is 37.3 Å². The second-order valence-corrected chi connectivity index (χ2v) is 12.5. The Bertz CT molecular complexity index is 1450. The number of hydrogen-bond acceptors (Lipinski definition) is 4. The van der Waals surface area contributed by atoms with Crippen LogP contribution in [-0.2, 0) is 32.6 Å². The lowest BCUT2D eigenvalue weighted by atomic mass is 10.0. The summed E-state index contributed by atoms with van der Waals surface area (Å²) in [7, 11) is -3.84. The van der Waals surface area contributed by atoms with Gasteiger partial charge in [0.05, 0.1) is 22.0 Å². The maximum Gasteiger partial charge on any atom is 0.244 e. The number of rotatable bonds is 12. The fourth-order valence-corrected chi connectivity index (χ4v) is 5.66. The Morgan fingerprint density at radius 3 is 2.23 bits per heavy atom. The maximum absolute atomic E-state index is 14.1. The third-order valence-electron chi connectivity index (χ3n) is 6.46. The quantitative estimate of drug-likeness (QED) is 0.294. The molecule has 10 heteroatoms. The minimum absolute atomic E-state index is 0.0250. The third kappa shape index (κ3) is 8.46. The fraction of sp³-hybridized carbons (Fsp3) is 0.333. The van der Waals surface area contributed by atoms with E-state index >= 15 is 0 Å². The van der Waals surface area contributed by atoms with Gasteiger partial charge in [0, 0.05) is 19.5 Å². The minimum Gasteiger partial charge on any atom is -0.354 e. The van der Waals surface area contributed by atoms with Crippen molar-refractivity contribution in [3.8, 4) is 0 Å². The molecule has 0 saturated carbocycles. The fourth-order valence-electron chi connectivity index (χ4n) is 4.43. The van der Waals surface area contributed by atoms with Crippen molar-refractivity contribution in [3.63, 3.8) is 0 Å². The molecule has 0 spiro atoms. The molecule has 0 heterocycles. The zero-order valence-electron chi connectivity index (χ0n) is 23.2. The first kappa shape index (κ1) is 31.5. The molecule has 1 atom stereocenters. The number of nitrogens with zero attached hydrogens (tertiary/aromatic N) is 2. The van der Waals surface area contributed by atoms with Gasteiger partial charge in [0.15, 0.2) is 0 Å². The van der Waals surface area contributed by atoms with Crippen LogP contribution in [0.25, 0.3) is 0 Å². The van der Waals surface area contributed by atoms with Crippen LogP contribution in [0.15, 0.2) is 66.7 Å². The smallest absolute Gasteiger partial charge is 0.244 e. The lowest BCUT2D eigenvalue weighted by molar-refractivity contribution is -0.140. The highest BCUT2D eigenvalue weighted by Crippen LogP contribution is 2.26. The van der Waals surface area contributed by atoms with Crippen LogP contribution >= 0.6 is 23.2 Å². The highest BCUT2D eigenvalue weighted by molar-refractivity contribution is 7.92. The summed E-state index contributed by atoms with van der Waals surface area (Å²) in [5.41, 5.74) is 3.61. The summed E-state index contributed by atoms with van der Waals surface area (Å²) in [6, 6.07) is 18.8. The first-order valence-corrected chi connectivity index (χ1v) is 15.6. The molecule has 0 aliphatic heterocycles. The molecule has 0 fully saturated rings. The second-order valence-electron chi connectivity index (χ2n) is 9.83. The zero-order valence-corrected chi connectivity index (χ0v) is 25.5. The van der Waals surface area contributed by atoms with Crippen molar-refractivity contribution in [1.82, 2.24) is 10.2 Å². The highest BCUT2D eigenvalue weighted by Gasteiger charge is 2.33. The Hall–Kier alpha value is -3.07. The molecule has 3 aromatic rings. The Balaban J connectivity index is 2.08. The average Bonchev–Trinajstić information content (AvgIpc) is 2.90.